The lowest BCUT2D eigenvalue weighted by molar-refractivity contribution is -0.120. The second-order valence-corrected chi connectivity index (χ2v) is 7.95. The monoisotopic (exact) mass is 462 g/mol. The van der Waals surface area contributed by atoms with E-state index in [1.54, 1.807) is 24.5 Å². The predicted molar refractivity (Wildman–Crippen MR) is 114 cm³/mol. The normalized spacial score (nSPS) is 15.0. The molecule has 1 amide bonds. The van der Waals surface area contributed by atoms with Crippen LogP contribution in [0.2, 0.25) is 5.02 Å². The summed E-state index contributed by atoms with van der Waals surface area (Å²) in [6, 6.07) is 8.58. The molecule has 160 valence electrons. The van der Waals surface area contributed by atoms with Crippen molar-refractivity contribution in [3.05, 3.63) is 58.6 Å². The minimum Gasteiger partial charge on any atom is -0.447 e. The standard InChI is InChI=1S/C21H17ClF2N4O2S/c1-3-5-16(29)28-15-9-8-11(22)10-13(15)18-19(25-21(31-2)27-26-18)30-20(28)12-6-4-7-14(23)17(12)24/h4,6-10,20H,3,5H2,1-2H3/t20-/m1/s1. The summed E-state index contributed by atoms with van der Waals surface area (Å²) in [5.41, 5.74) is 0.966. The fourth-order valence-electron chi connectivity index (χ4n) is 3.34. The van der Waals surface area contributed by atoms with Gasteiger partial charge in [-0.05, 0) is 36.9 Å². The smallest absolute Gasteiger partial charge is 0.247 e. The number of aromatic nitrogens is 3. The summed E-state index contributed by atoms with van der Waals surface area (Å²) in [6.07, 6.45) is 1.19. The number of benzene rings is 2. The number of nitrogens with zero attached hydrogens (tertiary/aromatic N) is 4. The Hall–Kier alpha value is -2.78. The number of halogens is 3. The van der Waals surface area contributed by atoms with Gasteiger partial charge in [0.2, 0.25) is 23.2 Å². The van der Waals surface area contributed by atoms with Gasteiger partial charge in [0.25, 0.3) is 0 Å². The Kier molecular flexibility index (Phi) is 6.06. The van der Waals surface area contributed by atoms with Crippen molar-refractivity contribution in [2.24, 2.45) is 0 Å². The fourth-order valence-corrected chi connectivity index (χ4v) is 3.81. The van der Waals surface area contributed by atoms with Gasteiger partial charge >= 0.3 is 0 Å². The lowest BCUT2D eigenvalue weighted by Crippen LogP contribution is -2.38. The Morgan fingerprint density at radius 3 is 2.81 bits per heavy atom. The molecule has 1 aliphatic heterocycles. The van der Waals surface area contributed by atoms with E-state index < -0.39 is 17.9 Å². The van der Waals surface area contributed by atoms with E-state index in [9.17, 15) is 13.6 Å². The molecule has 10 heteroatoms. The van der Waals surface area contributed by atoms with Crippen LogP contribution in [-0.2, 0) is 4.79 Å². The topological polar surface area (TPSA) is 68.2 Å². The summed E-state index contributed by atoms with van der Waals surface area (Å²) in [7, 11) is 0. The zero-order valence-corrected chi connectivity index (χ0v) is 18.2. The van der Waals surface area contributed by atoms with Crippen LogP contribution in [0.1, 0.15) is 31.6 Å². The highest BCUT2D eigenvalue weighted by Crippen LogP contribution is 2.45. The van der Waals surface area contributed by atoms with E-state index in [0.29, 0.717) is 27.9 Å². The van der Waals surface area contributed by atoms with Crippen LogP contribution in [0.4, 0.5) is 14.5 Å². The molecule has 0 fully saturated rings. The van der Waals surface area contributed by atoms with E-state index in [2.05, 4.69) is 15.2 Å². The van der Waals surface area contributed by atoms with Crippen molar-refractivity contribution < 1.29 is 18.3 Å². The van der Waals surface area contributed by atoms with Crippen LogP contribution in [0.5, 0.6) is 5.88 Å². The zero-order valence-electron chi connectivity index (χ0n) is 16.6. The number of hydrogen-bond acceptors (Lipinski definition) is 6. The van der Waals surface area contributed by atoms with Crippen LogP contribution >= 0.6 is 23.4 Å². The van der Waals surface area contributed by atoms with Crippen LogP contribution < -0.4 is 9.64 Å². The Balaban J connectivity index is 2.02. The first-order chi connectivity index (χ1) is 14.9. The number of anilines is 1. The fraction of sp³-hybridized carbons (Fsp3) is 0.238. The van der Waals surface area contributed by atoms with Crippen LogP contribution in [-0.4, -0.2) is 27.3 Å². The van der Waals surface area contributed by atoms with Gasteiger partial charge in [0.1, 0.15) is 0 Å². The SMILES string of the molecule is CCCC(=O)N1c2ccc(Cl)cc2-c2nnc(SC)nc2O[C@@H]1c1cccc(F)c1F. The van der Waals surface area contributed by atoms with Crippen molar-refractivity contribution in [2.75, 3.05) is 11.2 Å². The van der Waals surface area contributed by atoms with E-state index in [4.69, 9.17) is 16.3 Å². The van der Waals surface area contributed by atoms with Gasteiger partial charge in [-0.15, -0.1) is 10.2 Å². The van der Waals surface area contributed by atoms with Gasteiger partial charge in [-0.3, -0.25) is 9.69 Å². The Morgan fingerprint density at radius 1 is 1.26 bits per heavy atom. The molecule has 1 aliphatic rings. The molecule has 0 saturated heterocycles. The van der Waals surface area contributed by atoms with Crippen LogP contribution in [0.3, 0.4) is 0 Å². The van der Waals surface area contributed by atoms with Crippen molar-refractivity contribution in [1.82, 2.24) is 15.2 Å². The van der Waals surface area contributed by atoms with Gasteiger partial charge < -0.3 is 4.74 Å². The average Bonchev–Trinajstić information content (AvgIpc) is 2.89. The third kappa shape index (κ3) is 3.95. The summed E-state index contributed by atoms with van der Waals surface area (Å²) >= 11 is 7.46. The molecule has 0 radical (unpaired) electrons. The Bertz CT molecular complexity index is 1160. The maximum absolute atomic E-state index is 14.8. The number of ether oxygens (including phenoxy) is 1. The summed E-state index contributed by atoms with van der Waals surface area (Å²) in [6.45, 7) is 1.85. The highest BCUT2D eigenvalue weighted by atomic mass is 35.5. The summed E-state index contributed by atoms with van der Waals surface area (Å²) in [4.78, 5) is 18.8. The van der Waals surface area contributed by atoms with Gasteiger partial charge in [0.05, 0.1) is 11.3 Å². The van der Waals surface area contributed by atoms with E-state index >= 15 is 0 Å². The molecular weight excluding hydrogens is 446 g/mol. The third-order valence-electron chi connectivity index (χ3n) is 4.73. The van der Waals surface area contributed by atoms with Gasteiger partial charge in [0.15, 0.2) is 17.3 Å². The molecule has 1 atom stereocenters. The molecule has 31 heavy (non-hydrogen) atoms. The number of hydrogen-bond donors (Lipinski definition) is 0. The molecule has 0 unspecified atom stereocenters. The summed E-state index contributed by atoms with van der Waals surface area (Å²) < 4.78 is 35.0. The second-order valence-electron chi connectivity index (χ2n) is 6.74. The first-order valence-corrected chi connectivity index (χ1v) is 11.1. The van der Waals surface area contributed by atoms with Crippen LogP contribution in [0.15, 0.2) is 41.6 Å². The molecule has 3 aromatic rings. The predicted octanol–water partition coefficient (Wildman–Crippen LogP) is 5.42. The number of carbonyl (C=O) groups is 1. The minimum atomic E-state index is -1.30. The number of thioether (sulfide) groups is 1. The molecule has 4 rings (SSSR count). The van der Waals surface area contributed by atoms with Gasteiger partial charge in [-0.2, -0.15) is 4.98 Å². The Morgan fingerprint density at radius 2 is 2.06 bits per heavy atom. The van der Waals surface area contributed by atoms with Gasteiger partial charge in [-0.25, -0.2) is 8.78 Å². The quantitative estimate of drug-likeness (QED) is 0.482. The van der Waals surface area contributed by atoms with Crippen molar-refractivity contribution in [1.29, 1.82) is 0 Å². The molecule has 0 spiro atoms. The second kappa shape index (κ2) is 8.76. The molecule has 0 bridgehead atoms. The largest absolute Gasteiger partial charge is 0.447 e. The molecule has 1 aromatic heterocycles. The minimum absolute atomic E-state index is 0.0447. The van der Waals surface area contributed by atoms with Crippen molar-refractivity contribution >= 4 is 35.0 Å². The first-order valence-electron chi connectivity index (χ1n) is 9.45. The van der Waals surface area contributed by atoms with E-state index in [1.807, 2.05) is 6.92 Å². The lowest BCUT2D eigenvalue weighted by Gasteiger charge is -2.31. The first kappa shape index (κ1) is 21.5. The number of fused-ring (bicyclic) bond motifs is 3. The van der Waals surface area contributed by atoms with Crippen LogP contribution in [0, 0.1) is 11.6 Å². The van der Waals surface area contributed by atoms with Crippen molar-refractivity contribution in [2.45, 2.75) is 31.1 Å². The Labute approximate surface area is 186 Å². The van der Waals surface area contributed by atoms with E-state index in [-0.39, 0.29) is 29.5 Å². The number of carbonyl (C=O) groups excluding carboxylic acids is 1. The summed E-state index contributed by atoms with van der Waals surface area (Å²) in [5.74, 6) is -2.43. The number of rotatable bonds is 4. The number of amides is 1. The van der Waals surface area contributed by atoms with Gasteiger partial charge in [0, 0.05) is 17.0 Å². The van der Waals surface area contributed by atoms with Gasteiger partial charge in [-0.1, -0.05) is 42.4 Å². The molecule has 2 heterocycles. The molecule has 0 aliphatic carbocycles. The summed E-state index contributed by atoms with van der Waals surface area (Å²) in [5, 5.41) is 9.00. The molecule has 0 saturated carbocycles. The molecular formula is C21H17ClF2N4O2S. The average molecular weight is 463 g/mol. The van der Waals surface area contributed by atoms with E-state index in [1.165, 1.54) is 28.8 Å². The maximum atomic E-state index is 14.8. The van der Waals surface area contributed by atoms with E-state index in [0.717, 1.165) is 6.07 Å². The highest BCUT2D eigenvalue weighted by Gasteiger charge is 2.37. The molecule has 2 aromatic carbocycles. The maximum Gasteiger partial charge on any atom is 0.247 e. The third-order valence-corrected chi connectivity index (χ3v) is 5.50. The lowest BCUT2D eigenvalue weighted by atomic mass is 10.1. The van der Waals surface area contributed by atoms with Crippen molar-refractivity contribution in [3.63, 3.8) is 0 Å². The molecule has 6 nitrogen and oxygen atoms in total. The zero-order chi connectivity index (χ0) is 22.1. The highest BCUT2D eigenvalue weighted by molar-refractivity contribution is 7.98. The van der Waals surface area contributed by atoms with Crippen molar-refractivity contribution in [3.8, 4) is 17.1 Å². The van der Waals surface area contributed by atoms with Crippen LogP contribution in [0.25, 0.3) is 11.3 Å². The molecule has 0 N–H and O–H groups in total.